The van der Waals surface area contributed by atoms with Gasteiger partial charge in [0.05, 0.1) is 0 Å². The van der Waals surface area contributed by atoms with Gasteiger partial charge in [0.2, 0.25) is 0 Å². The highest BCUT2D eigenvalue weighted by molar-refractivity contribution is 6.12. The van der Waals surface area contributed by atoms with Crippen molar-refractivity contribution in [3.05, 3.63) is 75.0 Å². The maximum absolute atomic E-state index is 12.9. The minimum absolute atomic E-state index is 0.161. The number of hydrogen-bond acceptors (Lipinski definition) is 6. The number of carbonyl (C=O) groups excluding carboxylic acids is 1. The van der Waals surface area contributed by atoms with Crippen LogP contribution in [0.5, 0.6) is 11.5 Å². The number of hydrogen-bond donors (Lipinski definition) is 3. The topological polar surface area (TPSA) is 126 Å². The Kier molecular flexibility index (Phi) is 9.74. The second-order valence-electron chi connectivity index (χ2n) is 7.90. The third-order valence-corrected chi connectivity index (χ3v) is 5.10. The third-order valence-electron chi connectivity index (χ3n) is 5.10. The lowest BCUT2D eigenvalue weighted by molar-refractivity contribution is 0.0818. The number of carboxylic acid groups (broad SMARTS) is 1. The molecule has 0 fully saturated rings. The molecule has 2 aromatic rings. The normalized spacial score (nSPS) is 12.7. The van der Waals surface area contributed by atoms with Crippen LogP contribution in [0.3, 0.4) is 0 Å². The molecule has 188 valence electrons. The van der Waals surface area contributed by atoms with Crippen molar-refractivity contribution in [2.75, 3.05) is 6.61 Å². The van der Waals surface area contributed by atoms with Crippen molar-refractivity contribution in [2.45, 2.75) is 46.0 Å². The summed E-state index contributed by atoms with van der Waals surface area (Å²) in [6.45, 7) is 4.23. The first-order chi connectivity index (χ1) is 16.5. The van der Waals surface area contributed by atoms with Crippen LogP contribution in [0.15, 0.2) is 51.3 Å². The predicted octanol–water partition coefficient (Wildman–Crippen LogP) is 5.25. The van der Waals surface area contributed by atoms with Crippen LogP contribution in [0.4, 0.5) is 13.6 Å². The average Bonchev–Trinajstić information content (AvgIpc) is 2.77. The maximum Gasteiger partial charge on any atom is 0.408 e. The summed E-state index contributed by atoms with van der Waals surface area (Å²) in [5.74, 6) is -1.04. The molecule has 1 amide bonds. The number of aryl methyl sites for hydroxylation is 1. The molecule has 3 N–H and O–H groups in total. The van der Waals surface area contributed by atoms with E-state index >= 15 is 0 Å². The van der Waals surface area contributed by atoms with Gasteiger partial charge in [0.25, 0.3) is 6.43 Å². The van der Waals surface area contributed by atoms with E-state index in [0.717, 1.165) is 0 Å². The van der Waals surface area contributed by atoms with E-state index < -0.39 is 41.8 Å². The summed E-state index contributed by atoms with van der Waals surface area (Å²) in [4.78, 5) is 35.8. The highest BCUT2D eigenvalue weighted by Gasteiger charge is 2.22. The molecule has 35 heavy (non-hydrogen) atoms. The van der Waals surface area contributed by atoms with Crippen molar-refractivity contribution in [3.8, 4) is 11.5 Å². The van der Waals surface area contributed by atoms with Crippen molar-refractivity contribution in [1.29, 1.82) is 0 Å². The predicted molar refractivity (Wildman–Crippen MR) is 125 cm³/mol. The van der Waals surface area contributed by atoms with Crippen molar-refractivity contribution >= 4 is 18.0 Å². The standard InChI is InChI=1S/C25H27F2NO7/c1-14(6-4-5-9-28-25(32)33)20-12-19(29)22(24(31)35-20)23(30)16(3)10-17-7-8-18(11-15(17)2)34-13-21(26)27/h5,7-12,14,21,28-29H,4,6,13H2,1-3H3,(H,32,33). The summed E-state index contributed by atoms with van der Waals surface area (Å²) in [5.41, 5.74) is -0.0273. The van der Waals surface area contributed by atoms with Gasteiger partial charge in [-0.2, -0.15) is 0 Å². The number of rotatable bonds is 11. The zero-order valence-corrected chi connectivity index (χ0v) is 19.5. The number of ether oxygens (including phenoxy) is 1. The molecule has 1 aromatic heterocycles. The summed E-state index contributed by atoms with van der Waals surface area (Å²) < 4.78 is 34.9. The lowest BCUT2D eigenvalue weighted by Crippen LogP contribution is -2.16. The Balaban J connectivity index is 2.17. The zero-order valence-electron chi connectivity index (χ0n) is 19.5. The average molecular weight is 491 g/mol. The molecule has 8 nitrogen and oxygen atoms in total. The van der Waals surface area contributed by atoms with Crippen LogP contribution in [0.2, 0.25) is 0 Å². The highest BCUT2D eigenvalue weighted by atomic mass is 19.3. The lowest BCUT2D eigenvalue weighted by Gasteiger charge is -2.11. The van der Waals surface area contributed by atoms with Gasteiger partial charge in [-0.3, -0.25) is 10.1 Å². The minimum Gasteiger partial charge on any atom is -0.507 e. The smallest absolute Gasteiger partial charge is 0.408 e. The summed E-state index contributed by atoms with van der Waals surface area (Å²) in [6, 6.07) is 5.88. The molecule has 2 rings (SSSR count). The van der Waals surface area contributed by atoms with Crippen LogP contribution < -0.4 is 15.7 Å². The fourth-order valence-electron chi connectivity index (χ4n) is 3.21. The number of ketones is 1. The van der Waals surface area contributed by atoms with Crippen LogP contribution >= 0.6 is 0 Å². The van der Waals surface area contributed by atoms with E-state index in [1.54, 1.807) is 32.1 Å². The second-order valence-corrected chi connectivity index (χ2v) is 7.90. The number of aromatic hydroxyl groups is 1. The van der Waals surface area contributed by atoms with Gasteiger partial charge in [0, 0.05) is 18.2 Å². The summed E-state index contributed by atoms with van der Waals surface area (Å²) in [6.07, 6.45) is 1.62. The molecule has 0 aliphatic carbocycles. The number of allylic oxidation sites excluding steroid dienone is 2. The van der Waals surface area contributed by atoms with E-state index in [2.05, 4.69) is 5.32 Å². The third kappa shape index (κ3) is 8.09. The van der Waals surface area contributed by atoms with Crippen molar-refractivity contribution in [2.24, 2.45) is 0 Å². The maximum atomic E-state index is 12.9. The number of alkyl halides is 2. The van der Waals surface area contributed by atoms with E-state index in [4.69, 9.17) is 14.3 Å². The highest BCUT2D eigenvalue weighted by Crippen LogP contribution is 2.27. The van der Waals surface area contributed by atoms with Crippen molar-refractivity contribution < 1.29 is 37.7 Å². The summed E-state index contributed by atoms with van der Waals surface area (Å²) in [7, 11) is 0. The van der Waals surface area contributed by atoms with Gasteiger partial charge in [0.15, 0.2) is 5.78 Å². The first-order valence-corrected chi connectivity index (χ1v) is 10.8. The fourth-order valence-corrected chi connectivity index (χ4v) is 3.21. The molecule has 1 atom stereocenters. The molecular weight excluding hydrogens is 464 g/mol. The Morgan fingerprint density at radius 2 is 1.97 bits per heavy atom. The van der Waals surface area contributed by atoms with E-state index in [1.165, 1.54) is 31.3 Å². The Hall–Kier alpha value is -3.95. The Labute approximate surface area is 200 Å². The fraction of sp³-hybridized carbons (Fsp3) is 0.320. The van der Waals surface area contributed by atoms with Crippen LogP contribution in [-0.2, 0) is 0 Å². The van der Waals surface area contributed by atoms with Gasteiger partial charge in [0.1, 0.15) is 29.4 Å². The number of benzene rings is 1. The first kappa shape index (κ1) is 27.3. The molecule has 0 bridgehead atoms. The van der Waals surface area contributed by atoms with Gasteiger partial charge in [-0.1, -0.05) is 19.1 Å². The minimum atomic E-state index is -2.60. The Morgan fingerprint density at radius 1 is 1.26 bits per heavy atom. The number of Topliss-reactive ketones (excluding diaryl/α,β-unsaturated/α-hetero) is 1. The van der Waals surface area contributed by atoms with Crippen molar-refractivity contribution in [3.63, 3.8) is 0 Å². The number of halogens is 2. The quantitative estimate of drug-likeness (QED) is 0.290. The van der Waals surface area contributed by atoms with Crippen molar-refractivity contribution in [1.82, 2.24) is 5.32 Å². The Morgan fingerprint density at radius 3 is 2.57 bits per heavy atom. The number of carbonyl (C=O) groups is 2. The SMILES string of the molecule is CC(=Cc1ccc(OCC(F)F)cc1C)C(=O)c1c(O)cc(C(C)CCC=CNC(=O)O)oc1=O. The van der Waals surface area contributed by atoms with E-state index in [0.29, 0.717) is 24.0 Å². The van der Waals surface area contributed by atoms with Gasteiger partial charge in [-0.25, -0.2) is 18.4 Å². The van der Waals surface area contributed by atoms with Gasteiger partial charge >= 0.3 is 11.7 Å². The molecule has 1 heterocycles. The first-order valence-electron chi connectivity index (χ1n) is 10.8. The van der Waals surface area contributed by atoms with Crippen LogP contribution in [0.25, 0.3) is 6.08 Å². The van der Waals surface area contributed by atoms with Crippen LogP contribution in [-0.4, -0.2) is 35.1 Å². The molecule has 0 spiro atoms. The van der Waals surface area contributed by atoms with E-state index in [9.17, 15) is 28.3 Å². The summed E-state index contributed by atoms with van der Waals surface area (Å²) >= 11 is 0. The van der Waals surface area contributed by atoms with E-state index in [1.807, 2.05) is 0 Å². The molecule has 0 saturated carbocycles. The molecule has 10 heteroatoms. The molecule has 0 aliphatic heterocycles. The second kappa shape index (κ2) is 12.5. The molecule has 1 aromatic carbocycles. The van der Waals surface area contributed by atoms with Crippen LogP contribution in [0.1, 0.15) is 59.9 Å². The number of amides is 1. The summed E-state index contributed by atoms with van der Waals surface area (Å²) in [5, 5.41) is 21.0. The Bertz CT molecular complexity index is 1180. The largest absolute Gasteiger partial charge is 0.507 e. The molecular formula is C25H27F2NO7. The zero-order chi connectivity index (χ0) is 26.1. The lowest BCUT2D eigenvalue weighted by atomic mass is 9.98. The van der Waals surface area contributed by atoms with Gasteiger partial charge < -0.3 is 19.4 Å². The molecule has 0 radical (unpaired) electrons. The van der Waals surface area contributed by atoms with Gasteiger partial charge in [-0.05, 0) is 61.6 Å². The molecule has 1 unspecified atom stereocenters. The monoisotopic (exact) mass is 491 g/mol. The van der Waals surface area contributed by atoms with E-state index in [-0.39, 0.29) is 23.0 Å². The number of nitrogens with one attached hydrogen (secondary N) is 1. The van der Waals surface area contributed by atoms with Gasteiger partial charge in [-0.15, -0.1) is 0 Å². The van der Waals surface area contributed by atoms with Crippen LogP contribution in [0, 0.1) is 6.92 Å². The molecule has 0 aliphatic rings. The molecule has 0 saturated heterocycles.